The minimum Gasteiger partial charge on any atom is -0.102 e. The third kappa shape index (κ3) is 3.43. The van der Waals surface area contributed by atoms with Gasteiger partial charge < -0.3 is 0 Å². The van der Waals surface area contributed by atoms with Crippen LogP contribution >= 0.6 is 0 Å². The normalized spacial score (nSPS) is 15.0. The molecule has 0 nitrogen and oxygen atoms in total. The maximum absolute atomic E-state index is 4.23. The number of rotatable bonds is 5. The molecule has 1 atom stereocenters. The molecule has 0 spiro atoms. The maximum Gasteiger partial charge on any atom is -0.000696 e. The first-order valence-electron chi connectivity index (χ1n) is 14.2. The Morgan fingerprint density at radius 1 is 0.632 bits per heavy atom. The van der Waals surface area contributed by atoms with Crippen LogP contribution < -0.4 is 0 Å². The molecule has 0 fully saturated rings. The van der Waals surface area contributed by atoms with Gasteiger partial charge in [0.25, 0.3) is 0 Å². The molecule has 0 heteroatoms. The molecule has 5 aromatic carbocycles. The molecule has 0 heterocycles. The molecule has 0 amide bonds. The maximum atomic E-state index is 4.23. The summed E-state index contributed by atoms with van der Waals surface area (Å²) in [5.41, 5.74) is 14.2. The molecule has 0 saturated carbocycles. The van der Waals surface area contributed by atoms with Crippen molar-refractivity contribution in [2.75, 3.05) is 0 Å². The fourth-order valence-electron chi connectivity index (χ4n) is 7.24. The smallest absolute Gasteiger partial charge is 0.000696 e. The third-order valence-corrected chi connectivity index (χ3v) is 9.12. The van der Waals surface area contributed by atoms with E-state index in [1.54, 1.807) is 5.56 Å². The Kier molecular flexibility index (Phi) is 5.59. The monoisotopic (exact) mass is 490 g/mol. The Morgan fingerprint density at radius 3 is 1.71 bits per heavy atom. The molecule has 0 aromatic heterocycles. The number of allylic oxidation sites excluding steroid dienone is 1. The minimum absolute atomic E-state index is 0.248. The molecular weight excluding hydrogens is 456 g/mol. The molecule has 1 unspecified atom stereocenters. The third-order valence-electron chi connectivity index (χ3n) is 9.12. The summed E-state index contributed by atoms with van der Waals surface area (Å²) in [5.74, 6) is 0.248. The van der Waals surface area contributed by atoms with E-state index in [0.717, 1.165) is 12.8 Å². The van der Waals surface area contributed by atoms with E-state index < -0.39 is 0 Å². The van der Waals surface area contributed by atoms with Crippen LogP contribution in [0.3, 0.4) is 0 Å². The zero-order chi connectivity index (χ0) is 25.8. The van der Waals surface area contributed by atoms with Gasteiger partial charge >= 0.3 is 0 Å². The lowest BCUT2D eigenvalue weighted by Crippen LogP contribution is -1.99. The van der Waals surface area contributed by atoms with Crippen LogP contribution in [-0.4, -0.2) is 0 Å². The summed E-state index contributed by atoms with van der Waals surface area (Å²) in [5, 5.41) is 5.40. The standard InChI is InChI=1S/C38H34/c1-4-24(3)34-23-36-35(22-25(34)5-2)37(30-20-10-14-26-12-8-18-28(26)30)32-16-6-7-17-33(32)38(36)31-21-11-15-27-13-9-19-29(27)31/h4-7,10-11,14-17,20-24H,1-2,8-9,12-13,18-19H2,3H3. The Bertz CT molecular complexity index is 1760. The van der Waals surface area contributed by atoms with E-state index in [4.69, 9.17) is 0 Å². The molecule has 0 aliphatic heterocycles. The molecular formula is C38H34. The first-order chi connectivity index (χ1) is 18.7. The molecule has 0 N–H and O–H groups in total. The lowest BCUT2D eigenvalue weighted by atomic mass is 9.80. The second kappa shape index (κ2) is 9.14. The van der Waals surface area contributed by atoms with Gasteiger partial charge in [0.05, 0.1) is 0 Å². The molecule has 38 heavy (non-hydrogen) atoms. The second-order valence-electron chi connectivity index (χ2n) is 11.1. The summed E-state index contributed by atoms with van der Waals surface area (Å²) in [4.78, 5) is 0. The number of hydrogen-bond acceptors (Lipinski definition) is 0. The Labute approximate surface area is 226 Å². The predicted octanol–water partition coefficient (Wildman–Crippen LogP) is 10.2. The topological polar surface area (TPSA) is 0 Å². The van der Waals surface area contributed by atoms with Crippen molar-refractivity contribution in [2.24, 2.45) is 0 Å². The fourth-order valence-corrected chi connectivity index (χ4v) is 7.24. The van der Waals surface area contributed by atoms with Gasteiger partial charge in [0.1, 0.15) is 0 Å². The minimum atomic E-state index is 0.248. The van der Waals surface area contributed by atoms with E-state index in [1.807, 2.05) is 6.08 Å². The quantitative estimate of drug-likeness (QED) is 0.170. The summed E-state index contributed by atoms with van der Waals surface area (Å²) in [6.45, 7) is 10.6. The van der Waals surface area contributed by atoms with Gasteiger partial charge in [-0.1, -0.05) is 86.3 Å². The van der Waals surface area contributed by atoms with Crippen molar-refractivity contribution >= 4 is 27.6 Å². The molecule has 0 saturated heterocycles. The van der Waals surface area contributed by atoms with E-state index >= 15 is 0 Å². The Morgan fingerprint density at radius 2 is 1.18 bits per heavy atom. The zero-order valence-corrected chi connectivity index (χ0v) is 22.3. The van der Waals surface area contributed by atoms with Gasteiger partial charge in [0.15, 0.2) is 0 Å². The van der Waals surface area contributed by atoms with Gasteiger partial charge in [-0.3, -0.25) is 0 Å². The highest BCUT2D eigenvalue weighted by molar-refractivity contribution is 6.22. The van der Waals surface area contributed by atoms with Gasteiger partial charge in [-0.15, -0.1) is 6.58 Å². The summed E-state index contributed by atoms with van der Waals surface area (Å²) in [7, 11) is 0. The van der Waals surface area contributed by atoms with Gasteiger partial charge in [-0.05, 0) is 134 Å². The lowest BCUT2D eigenvalue weighted by Gasteiger charge is -2.23. The van der Waals surface area contributed by atoms with Crippen molar-refractivity contribution in [1.82, 2.24) is 0 Å². The number of benzene rings is 5. The van der Waals surface area contributed by atoms with E-state index in [9.17, 15) is 0 Å². The van der Waals surface area contributed by atoms with Crippen LogP contribution in [0.5, 0.6) is 0 Å². The van der Waals surface area contributed by atoms with Crippen LogP contribution in [0.1, 0.15) is 59.1 Å². The van der Waals surface area contributed by atoms with E-state index in [0.29, 0.717) is 0 Å². The SMILES string of the molecule is C=Cc1cc2c(-c3cccc4c3CCC4)c3ccccc3c(-c3cccc4c3CCC4)c2cc1C(C)C=C. The lowest BCUT2D eigenvalue weighted by molar-refractivity contribution is 0.912. The van der Waals surface area contributed by atoms with Crippen LogP contribution in [0.4, 0.5) is 0 Å². The van der Waals surface area contributed by atoms with Gasteiger partial charge in [0.2, 0.25) is 0 Å². The zero-order valence-electron chi connectivity index (χ0n) is 22.3. The second-order valence-corrected chi connectivity index (χ2v) is 11.1. The Hall–Kier alpha value is -3.90. The molecule has 0 radical (unpaired) electrons. The summed E-state index contributed by atoms with van der Waals surface area (Å²) >= 11 is 0. The highest BCUT2D eigenvalue weighted by Crippen LogP contribution is 2.48. The van der Waals surface area contributed by atoms with Crippen LogP contribution in [0.15, 0.2) is 92.0 Å². The first-order valence-corrected chi connectivity index (χ1v) is 14.2. The van der Waals surface area contributed by atoms with Crippen molar-refractivity contribution in [3.8, 4) is 22.3 Å². The largest absolute Gasteiger partial charge is 0.102 e. The van der Waals surface area contributed by atoms with E-state index in [-0.39, 0.29) is 5.92 Å². The van der Waals surface area contributed by atoms with Gasteiger partial charge in [-0.2, -0.15) is 0 Å². The van der Waals surface area contributed by atoms with Gasteiger partial charge in [0, 0.05) is 0 Å². The van der Waals surface area contributed by atoms with Crippen molar-refractivity contribution in [1.29, 1.82) is 0 Å². The van der Waals surface area contributed by atoms with Crippen molar-refractivity contribution in [3.05, 3.63) is 125 Å². The van der Waals surface area contributed by atoms with Crippen LogP contribution in [0.25, 0.3) is 49.9 Å². The van der Waals surface area contributed by atoms with Crippen LogP contribution in [0.2, 0.25) is 0 Å². The van der Waals surface area contributed by atoms with Crippen molar-refractivity contribution in [2.45, 2.75) is 51.4 Å². The molecule has 186 valence electrons. The summed E-state index contributed by atoms with van der Waals surface area (Å²) in [6, 6.07) is 27.9. The molecule has 5 aromatic rings. The first kappa shape index (κ1) is 23.2. The number of aryl methyl sites for hydroxylation is 2. The molecule has 2 aliphatic carbocycles. The van der Waals surface area contributed by atoms with Crippen LogP contribution in [0, 0.1) is 0 Å². The molecule has 0 bridgehead atoms. The number of hydrogen-bond donors (Lipinski definition) is 0. The van der Waals surface area contributed by atoms with E-state index in [1.165, 1.54) is 97.3 Å². The predicted molar refractivity (Wildman–Crippen MR) is 165 cm³/mol. The molecule has 7 rings (SSSR count). The summed E-state index contributed by atoms with van der Waals surface area (Å²) < 4.78 is 0. The average molecular weight is 491 g/mol. The Balaban J connectivity index is 1.70. The highest BCUT2D eigenvalue weighted by atomic mass is 14.3. The summed E-state index contributed by atoms with van der Waals surface area (Å²) in [6.07, 6.45) is 11.3. The fraction of sp³-hybridized carbons (Fsp3) is 0.211. The van der Waals surface area contributed by atoms with Crippen molar-refractivity contribution < 1.29 is 0 Å². The number of fused-ring (bicyclic) bond motifs is 4. The van der Waals surface area contributed by atoms with Crippen molar-refractivity contribution in [3.63, 3.8) is 0 Å². The molecule has 2 aliphatic rings. The van der Waals surface area contributed by atoms with Crippen LogP contribution in [-0.2, 0) is 25.7 Å². The average Bonchev–Trinajstić information content (AvgIpc) is 3.65. The van der Waals surface area contributed by atoms with E-state index in [2.05, 4.69) is 99.0 Å². The highest BCUT2D eigenvalue weighted by Gasteiger charge is 2.25. The van der Waals surface area contributed by atoms with Gasteiger partial charge in [-0.25, -0.2) is 0 Å².